The molecular formula is C26H20BrN3O6. The molecule has 0 saturated heterocycles. The molecule has 0 aromatic heterocycles. The lowest BCUT2D eigenvalue weighted by molar-refractivity contribution is -0.384. The molecular weight excluding hydrogens is 530 g/mol. The Bertz CT molecular complexity index is 1360. The summed E-state index contributed by atoms with van der Waals surface area (Å²) in [6.07, 6.45) is 1.43. The number of carbonyl (C=O) groups is 2. The van der Waals surface area contributed by atoms with Crippen molar-refractivity contribution in [1.82, 2.24) is 0 Å². The summed E-state index contributed by atoms with van der Waals surface area (Å²) < 4.78 is 11.2. The number of hydrogen-bond acceptors (Lipinski definition) is 7. The van der Waals surface area contributed by atoms with Gasteiger partial charge >= 0.3 is 5.97 Å². The van der Waals surface area contributed by atoms with Crippen LogP contribution >= 0.6 is 15.9 Å². The van der Waals surface area contributed by atoms with Crippen LogP contribution in [0.3, 0.4) is 0 Å². The van der Waals surface area contributed by atoms with Crippen LogP contribution in [0.5, 0.6) is 5.75 Å². The summed E-state index contributed by atoms with van der Waals surface area (Å²) in [5, 5.41) is 23.0. The summed E-state index contributed by atoms with van der Waals surface area (Å²) >= 11 is 3.41. The first-order valence-electron chi connectivity index (χ1n) is 10.7. The summed E-state index contributed by atoms with van der Waals surface area (Å²) in [6, 6.07) is 19.2. The van der Waals surface area contributed by atoms with Crippen molar-refractivity contribution >= 4 is 45.3 Å². The second kappa shape index (κ2) is 12.3. The van der Waals surface area contributed by atoms with Gasteiger partial charge in [0.15, 0.2) is 0 Å². The van der Waals surface area contributed by atoms with Gasteiger partial charge in [-0.25, -0.2) is 4.79 Å². The molecule has 0 aliphatic rings. The summed E-state index contributed by atoms with van der Waals surface area (Å²) in [5.41, 5.74) is 1.84. The maximum Gasteiger partial charge on any atom is 0.338 e. The number of hydrogen-bond donors (Lipinski definition) is 1. The molecule has 0 unspecified atom stereocenters. The summed E-state index contributed by atoms with van der Waals surface area (Å²) in [7, 11) is 0. The lowest BCUT2D eigenvalue weighted by Gasteiger charge is -2.09. The second-order valence-electron chi connectivity index (χ2n) is 7.33. The van der Waals surface area contributed by atoms with Gasteiger partial charge in [0.25, 0.3) is 11.6 Å². The van der Waals surface area contributed by atoms with Crippen LogP contribution in [0.25, 0.3) is 6.08 Å². The number of carbonyl (C=O) groups excluding carboxylic acids is 2. The highest BCUT2D eigenvalue weighted by Gasteiger charge is 2.12. The van der Waals surface area contributed by atoms with Crippen LogP contribution in [0.4, 0.5) is 11.4 Å². The molecule has 0 bridgehead atoms. The van der Waals surface area contributed by atoms with Crippen molar-refractivity contribution in [2.75, 3.05) is 11.9 Å². The number of nitrogens with zero attached hydrogens (tertiary/aromatic N) is 2. The average Bonchev–Trinajstić information content (AvgIpc) is 2.87. The van der Waals surface area contributed by atoms with Crippen LogP contribution in [0.15, 0.2) is 76.8 Å². The molecule has 0 fully saturated rings. The zero-order valence-electron chi connectivity index (χ0n) is 19.1. The van der Waals surface area contributed by atoms with Crippen molar-refractivity contribution < 1.29 is 24.0 Å². The van der Waals surface area contributed by atoms with Gasteiger partial charge < -0.3 is 14.8 Å². The molecule has 1 N–H and O–H groups in total. The van der Waals surface area contributed by atoms with E-state index in [-0.39, 0.29) is 24.5 Å². The Morgan fingerprint density at radius 1 is 1.14 bits per heavy atom. The summed E-state index contributed by atoms with van der Waals surface area (Å²) in [4.78, 5) is 34.8. The third-order valence-corrected chi connectivity index (χ3v) is 5.42. The lowest BCUT2D eigenvalue weighted by Crippen LogP contribution is -2.13. The molecule has 0 spiro atoms. The third-order valence-electron chi connectivity index (χ3n) is 4.80. The van der Waals surface area contributed by atoms with E-state index in [1.807, 2.05) is 6.07 Å². The number of benzene rings is 3. The number of anilines is 1. The number of esters is 1. The van der Waals surface area contributed by atoms with E-state index in [1.165, 1.54) is 30.3 Å². The van der Waals surface area contributed by atoms with Crippen LogP contribution in [-0.4, -0.2) is 23.4 Å². The largest absolute Gasteiger partial charge is 0.488 e. The number of nitrogens with one attached hydrogen (secondary N) is 1. The van der Waals surface area contributed by atoms with E-state index >= 15 is 0 Å². The zero-order chi connectivity index (χ0) is 26.1. The van der Waals surface area contributed by atoms with Crippen LogP contribution in [-0.2, 0) is 16.1 Å². The zero-order valence-corrected chi connectivity index (χ0v) is 20.7. The summed E-state index contributed by atoms with van der Waals surface area (Å²) in [5.74, 6) is -0.581. The van der Waals surface area contributed by atoms with Gasteiger partial charge in [0.05, 0.1) is 21.6 Å². The number of nitro benzene ring substituents is 1. The number of ether oxygens (including phenoxy) is 2. The van der Waals surface area contributed by atoms with E-state index in [4.69, 9.17) is 9.47 Å². The second-order valence-corrected chi connectivity index (χ2v) is 8.18. The lowest BCUT2D eigenvalue weighted by atomic mass is 10.1. The highest BCUT2D eigenvalue weighted by molar-refractivity contribution is 9.10. The minimum Gasteiger partial charge on any atom is -0.488 e. The van der Waals surface area contributed by atoms with Gasteiger partial charge in [-0.05, 0) is 76.5 Å². The predicted molar refractivity (Wildman–Crippen MR) is 136 cm³/mol. The van der Waals surface area contributed by atoms with Gasteiger partial charge in [-0.2, -0.15) is 5.26 Å². The SMILES string of the molecule is CCOC(=O)c1ccc(NC(=O)/C(C#N)=C/c2ccc(OCc3cccc([N+](=O)[O-])c3)c(Br)c2)cc1. The highest BCUT2D eigenvalue weighted by Crippen LogP contribution is 2.28. The normalized spacial score (nSPS) is 10.8. The number of halogens is 1. The fraction of sp³-hybridized carbons (Fsp3) is 0.115. The van der Waals surface area contributed by atoms with Crippen molar-refractivity contribution in [3.05, 3.63) is 104 Å². The Morgan fingerprint density at radius 3 is 2.53 bits per heavy atom. The van der Waals surface area contributed by atoms with Crippen LogP contribution in [0, 0.1) is 21.4 Å². The summed E-state index contributed by atoms with van der Waals surface area (Å²) in [6.45, 7) is 2.09. The first-order chi connectivity index (χ1) is 17.3. The number of non-ortho nitro benzene ring substituents is 1. The van der Waals surface area contributed by atoms with Crippen molar-refractivity contribution in [2.24, 2.45) is 0 Å². The van der Waals surface area contributed by atoms with E-state index < -0.39 is 16.8 Å². The molecule has 3 aromatic rings. The Labute approximate surface area is 215 Å². The maximum atomic E-state index is 12.6. The van der Waals surface area contributed by atoms with E-state index in [0.717, 1.165) is 0 Å². The first-order valence-corrected chi connectivity index (χ1v) is 11.5. The Hall–Kier alpha value is -4.49. The molecule has 0 saturated carbocycles. The molecule has 0 aliphatic heterocycles. The van der Waals surface area contributed by atoms with Gasteiger partial charge in [-0.1, -0.05) is 18.2 Å². The number of rotatable bonds is 9. The third kappa shape index (κ3) is 7.01. The molecule has 0 heterocycles. The van der Waals surface area contributed by atoms with E-state index in [2.05, 4.69) is 21.2 Å². The number of nitriles is 1. The smallest absolute Gasteiger partial charge is 0.338 e. The molecule has 0 aliphatic carbocycles. The molecule has 0 radical (unpaired) electrons. The average molecular weight is 550 g/mol. The standard InChI is InChI=1S/C26H20BrN3O6/c1-2-35-26(32)19-7-9-21(10-8-19)29-25(31)20(15-28)12-17-6-11-24(23(27)14-17)36-16-18-4-3-5-22(13-18)30(33)34/h3-14H,2,16H2,1H3,(H,29,31)/b20-12+. The van der Waals surface area contributed by atoms with E-state index in [9.17, 15) is 25.0 Å². The van der Waals surface area contributed by atoms with Crippen molar-refractivity contribution in [1.29, 1.82) is 5.26 Å². The molecule has 9 nitrogen and oxygen atoms in total. The number of nitro groups is 1. The molecule has 182 valence electrons. The Kier molecular flexibility index (Phi) is 8.91. The van der Waals surface area contributed by atoms with Crippen molar-refractivity contribution in [2.45, 2.75) is 13.5 Å². The van der Waals surface area contributed by atoms with E-state index in [1.54, 1.807) is 49.4 Å². The van der Waals surface area contributed by atoms with Gasteiger partial charge in [0.2, 0.25) is 0 Å². The monoisotopic (exact) mass is 549 g/mol. The van der Waals surface area contributed by atoms with Crippen LogP contribution in [0.1, 0.15) is 28.4 Å². The van der Waals surface area contributed by atoms with Crippen LogP contribution in [0.2, 0.25) is 0 Å². The molecule has 10 heteroatoms. The van der Waals surface area contributed by atoms with Gasteiger partial charge in [-0.15, -0.1) is 0 Å². The Morgan fingerprint density at radius 2 is 1.89 bits per heavy atom. The minimum absolute atomic E-state index is 0.0205. The number of amides is 1. The molecule has 3 aromatic carbocycles. The molecule has 36 heavy (non-hydrogen) atoms. The molecule has 1 amide bonds. The molecule has 0 atom stereocenters. The fourth-order valence-corrected chi connectivity index (χ4v) is 3.57. The Balaban J connectivity index is 1.67. The topological polar surface area (TPSA) is 132 Å². The highest BCUT2D eigenvalue weighted by atomic mass is 79.9. The molecule has 3 rings (SSSR count). The minimum atomic E-state index is -0.608. The van der Waals surface area contributed by atoms with Gasteiger partial charge in [0, 0.05) is 17.8 Å². The van der Waals surface area contributed by atoms with E-state index in [0.29, 0.717) is 32.6 Å². The predicted octanol–water partition coefficient (Wildman–Crippen LogP) is 5.66. The van der Waals surface area contributed by atoms with Crippen molar-refractivity contribution in [3.63, 3.8) is 0 Å². The van der Waals surface area contributed by atoms with Crippen LogP contribution < -0.4 is 10.1 Å². The van der Waals surface area contributed by atoms with Gasteiger partial charge in [0.1, 0.15) is 24.0 Å². The first kappa shape index (κ1) is 26.1. The van der Waals surface area contributed by atoms with Gasteiger partial charge in [-0.3, -0.25) is 14.9 Å². The van der Waals surface area contributed by atoms with Crippen molar-refractivity contribution in [3.8, 4) is 11.8 Å². The maximum absolute atomic E-state index is 12.6. The fourth-order valence-electron chi connectivity index (χ4n) is 3.06. The quantitative estimate of drug-likeness (QED) is 0.120.